The Bertz CT molecular complexity index is 747. The number of rotatable bonds is 1. The predicted molar refractivity (Wildman–Crippen MR) is 76.1 cm³/mol. The average Bonchev–Trinajstić information content (AvgIpc) is 3.01. The normalized spacial score (nSPS) is 20.6. The fourth-order valence-corrected chi connectivity index (χ4v) is 3.14. The van der Waals surface area contributed by atoms with Crippen molar-refractivity contribution >= 4 is 22.1 Å². The van der Waals surface area contributed by atoms with Crippen molar-refractivity contribution in [2.75, 3.05) is 13.6 Å². The minimum Gasteiger partial charge on any atom is -0.438 e. The highest BCUT2D eigenvalue weighted by Gasteiger charge is 2.23. The summed E-state index contributed by atoms with van der Waals surface area (Å²) in [5, 5.41) is 2.29. The molecule has 0 saturated carbocycles. The van der Waals surface area contributed by atoms with Crippen LogP contribution in [-0.4, -0.2) is 23.5 Å². The Morgan fingerprint density at radius 3 is 3.00 bits per heavy atom. The van der Waals surface area contributed by atoms with Crippen LogP contribution >= 0.6 is 0 Å². The van der Waals surface area contributed by atoms with Gasteiger partial charge in [-0.2, -0.15) is 0 Å². The van der Waals surface area contributed by atoms with Crippen molar-refractivity contribution in [2.45, 2.75) is 18.9 Å². The summed E-state index contributed by atoms with van der Waals surface area (Å²) in [5.74, 6) is 0. The van der Waals surface area contributed by atoms with Gasteiger partial charge in [-0.05, 0) is 44.1 Å². The van der Waals surface area contributed by atoms with Crippen LogP contribution in [0.3, 0.4) is 0 Å². The van der Waals surface area contributed by atoms with Gasteiger partial charge in [-0.1, -0.05) is 18.2 Å². The smallest absolute Gasteiger partial charge is 0.227 e. The lowest BCUT2D eigenvalue weighted by Crippen LogP contribution is -2.17. The Balaban J connectivity index is 1.92. The van der Waals surface area contributed by atoms with Crippen molar-refractivity contribution < 1.29 is 4.42 Å². The molecule has 0 unspecified atom stereocenters. The van der Waals surface area contributed by atoms with Gasteiger partial charge in [-0.3, -0.25) is 4.90 Å². The quantitative estimate of drug-likeness (QED) is 0.660. The lowest BCUT2D eigenvalue weighted by molar-refractivity contribution is 0.317. The number of nitrogens with zero attached hydrogens (tertiary/aromatic N) is 2. The number of pyridine rings is 1. The monoisotopic (exact) mass is 252 g/mol. The third-order valence-corrected chi connectivity index (χ3v) is 4.16. The summed E-state index contributed by atoms with van der Waals surface area (Å²) >= 11 is 0. The fraction of sp³-hybridized carbons (Fsp3) is 0.312. The van der Waals surface area contributed by atoms with Crippen molar-refractivity contribution in [2.24, 2.45) is 0 Å². The number of likely N-dealkylation sites (tertiary alicyclic amines) is 1. The van der Waals surface area contributed by atoms with Gasteiger partial charge in [0.15, 0.2) is 0 Å². The number of benzene rings is 1. The lowest BCUT2D eigenvalue weighted by Gasteiger charge is -2.19. The van der Waals surface area contributed by atoms with Crippen molar-refractivity contribution in [3.63, 3.8) is 0 Å². The first-order chi connectivity index (χ1) is 9.33. The molecule has 1 fully saturated rings. The zero-order valence-corrected chi connectivity index (χ0v) is 11.0. The number of para-hydroxylation sites is 1. The molecule has 1 aliphatic heterocycles. The number of aromatic nitrogens is 1. The molecule has 1 aliphatic rings. The third kappa shape index (κ3) is 1.65. The van der Waals surface area contributed by atoms with Gasteiger partial charge in [-0.25, -0.2) is 4.98 Å². The number of fused-ring (bicyclic) bond motifs is 3. The van der Waals surface area contributed by atoms with Crippen LogP contribution in [0.5, 0.6) is 0 Å². The molecule has 1 atom stereocenters. The maximum atomic E-state index is 5.77. The molecule has 0 aliphatic carbocycles. The number of hydrogen-bond donors (Lipinski definition) is 0. The summed E-state index contributed by atoms with van der Waals surface area (Å²) in [6.07, 6.45) is 4.46. The van der Waals surface area contributed by atoms with Crippen molar-refractivity contribution in [3.8, 4) is 0 Å². The molecule has 0 amide bonds. The van der Waals surface area contributed by atoms with Gasteiger partial charge in [0.25, 0.3) is 0 Å². The third-order valence-electron chi connectivity index (χ3n) is 4.16. The zero-order chi connectivity index (χ0) is 12.8. The summed E-state index contributed by atoms with van der Waals surface area (Å²) < 4.78 is 5.77. The van der Waals surface area contributed by atoms with Crippen molar-refractivity contribution in [1.82, 2.24) is 9.88 Å². The number of hydrogen-bond acceptors (Lipinski definition) is 3. The number of furan rings is 1. The Kier molecular flexibility index (Phi) is 2.35. The zero-order valence-electron chi connectivity index (χ0n) is 11.0. The summed E-state index contributed by atoms with van der Waals surface area (Å²) in [7, 11) is 2.19. The van der Waals surface area contributed by atoms with Crippen molar-refractivity contribution in [1.29, 1.82) is 0 Å². The molecule has 3 heteroatoms. The summed E-state index contributed by atoms with van der Waals surface area (Å²) in [6.45, 7) is 1.18. The molecular formula is C16H16N2O. The minimum atomic E-state index is 0.505. The van der Waals surface area contributed by atoms with Crippen LogP contribution in [0.2, 0.25) is 0 Å². The Hall–Kier alpha value is -1.87. The molecule has 0 spiro atoms. The molecule has 0 bridgehead atoms. The van der Waals surface area contributed by atoms with Crippen LogP contribution in [0.15, 0.2) is 40.9 Å². The second-order valence-electron chi connectivity index (χ2n) is 5.36. The first kappa shape index (κ1) is 11.0. The SMILES string of the molecule is CN1CCC[C@H]1c1cnc2oc3ccccc3c2c1. The van der Waals surface area contributed by atoms with Crippen LogP contribution in [0.4, 0.5) is 0 Å². The van der Waals surface area contributed by atoms with Crippen LogP contribution < -0.4 is 0 Å². The highest BCUT2D eigenvalue weighted by Crippen LogP contribution is 2.34. The first-order valence-electron chi connectivity index (χ1n) is 6.80. The average molecular weight is 252 g/mol. The molecule has 1 saturated heterocycles. The molecule has 0 radical (unpaired) electrons. The van der Waals surface area contributed by atoms with E-state index in [4.69, 9.17) is 4.42 Å². The molecular weight excluding hydrogens is 236 g/mol. The predicted octanol–water partition coefficient (Wildman–Crippen LogP) is 3.75. The molecule has 1 aromatic carbocycles. The Labute approximate surface area is 111 Å². The van der Waals surface area contributed by atoms with Gasteiger partial charge in [0.2, 0.25) is 5.71 Å². The van der Waals surface area contributed by atoms with E-state index in [1.165, 1.54) is 24.9 Å². The van der Waals surface area contributed by atoms with E-state index >= 15 is 0 Å². The topological polar surface area (TPSA) is 29.3 Å². The lowest BCUT2D eigenvalue weighted by atomic mass is 10.0. The van der Waals surface area contributed by atoms with E-state index in [9.17, 15) is 0 Å². The molecule has 4 rings (SSSR count). The Morgan fingerprint density at radius 1 is 1.26 bits per heavy atom. The van der Waals surface area contributed by atoms with E-state index in [1.54, 1.807) is 0 Å². The van der Waals surface area contributed by atoms with Crippen LogP contribution in [0.1, 0.15) is 24.4 Å². The van der Waals surface area contributed by atoms with E-state index in [2.05, 4.69) is 29.1 Å². The van der Waals surface area contributed by atoms with Crippen LogP contribution in [-0.2, 0) is 0 Å². The second kappa shape index (κ2) is 4.07. The van der Waals surface area contributed by atoms with Gasteiger partial charge < -0.3 is 4.42 Å². The first-order valence-corrected chi connectivity index (χ1v) is 6.80. The molecule has 96 valence electrons. The maximum Gasteiger partial charge on any atom is 0.227 e. The molecule has 3 aromatic rings. The van der Waals surface area contributed by atoms with Crippen LogP contribution in [0.25, 0.3) is 22.1 Å². The molecule has 2 aromatic heterocycles. The molecule has 3 nitrogen and oxygen atoms in total. The summed E-state index contributed by atoms with van der Waals surface area (Å²) in [5.41, 5.74) is 2.96. The van der Waals surface area contributed by atoms with Gasteiger partial charge in [-0.15, -0.1) is 0 Å². The maximum absolute atomic E-state index is 5.77. The van der Waals surface area contributed by atoms with Gasteiger partial charge in [0, 0.05) is 23.0 Å². The van der Waals surface area contributed by atoms with E-state index in [-0.39, 0.29) is 0 Å². The van der Waals surface area contributed by atoms with E-state index in [1.807, 2.05) is 24.4 Å². The van der Waals surface area contributed by atoms with E-state index in [0.717, 1.165) is 22.1 Å². The standard InChI is InChI=1S/C16H16N2O/c1-18-8-4-6-14(18)11-9-13-12-5-2-3-7-15(12)19-16(13)17-10-11/h2-3,5,7,9-10,14H,4,6,8H2,1H3/t14-/m0/s1. The largest absolute Gasteiger partial charge is 0.438 e. The highest BCUT2D eigenvalue weighted by molar-refractivity contribution is 6.03. The van der Waals surface area contributed by atoms with E-state index < -0.39 is 0 Å². The van der Waals surface area contributed by atoms with Gasteiger partial charge >= 0.3 is 0 Å². The minimum absolute atomic E-state index is 0.505. The second-order valence-corrected chi connectivity index (χ2v) is 5.36. The molecule has 19 heavy (non-hydrogen) atoms. The Morgan fingerprint density at radius 2 is 2.16 bits per heavy atom. The van der Waals surface area contributed by atoms with Gasteiger partial charge in [0.1, 0.15) is 5.58 Å². The van der Waals surface area contributed by atoms with Crippen molar-refractivity contribution in [3.05, 3.63) is 42.1 Å². The highest BCUT2D eigenvalue weighted by atomic mass is 16.3. The summed E-state index contributed by atoms with van der Waals surface area (Å²) in [4.78, 5) is 6.91. The summed E-state index contributed by atoms with van der Waals surface area (Å²) in [6, 6.07) is 10.9. The molecule has 0 N–H and O–H groups in total. The molecule has 3 heterocycles. The fourth-order valence-electron chi connectivity index (χ4n) is 3.14. The van der Waals surface area contributed by atoms with Gasteiger partial charge in [0.05, 0.1) is 0 Å². The van der Waals surface area contributed by atoms with Crippen LogP contribution in [0, 0.1) is 0 Å². The van der Waals surface area contributed by atoms with E-state index in [0.29, 0.717) is 6.04 Å².